The molecule has 1 atom stereocenters. The van der Waals surface area contributed by atoms with Crippen LogP contribution in [0, 0.1) is 11.6 Å². The average molecular weight is 423 g/mol. The van der Waals surface area contributed by atoms with Crippen molar-refractivity contribution in [2.24, 2.45) is 0 Å². The van der Waals surface area contributed by atoms with Gasteiger partial charge in [-0.15, -0.1) is 0 Å². The van der Waals surface area contributed by atoms with Crippen molar-refractivity contribution in [3.8, 4) is 5.69 Å². The van der Waals surface area contributed by atoms with Crippen molar-refractivity contribution >= 4 is 5.82 Å². The van der Waals surface area contributed by atoms with Crippen LogP contribution in [-0.4, -0.2) is 27.8 Å². The van der Waals surface area contributed by atoms with Crippen LogP contribution in [0.4, 0.5) is 14.6 Å². The quantitative estimate of drug-likeness (QED) is 0.592. The van der Waals surface area contributed by atoms with Crippen molar-refractivity contribution in [1.82, 2.24) is 14.7 Å². The fourth-order valence-corrected chi connectivity index (χ4v) is 4.93. The Hall–Kier alpha value is -2.73. The zero-order chi connectivity index (χ0) is 21.2. The second kappa shape index (κ2) is 8.79. The highest BCUT2D eigenvalue weighted by Crippen LogP contribution is 2.38. The monoisotopic (exact) mass is 422 g/mol. The first-order chi connectivity index (χ1) is 15.2. The van der Waals surface area contributed by atoms with E-state index in [0.29, 0.717) is 5.69 Å². The first-order valence-electron chi connectivity index (χ1n) is 11.3. The van der Waals surface area contributed by atoms with E-state index in [1.165, 1.54) is 29.7 Å². The van der Waals surface area contributed by atoms with Crippen molar-refractivity contribution in [2.45, 2.75) is 51.1 Å². The lowest BCUT2D eigenvalue weighted by Gasteiger charge is -2.35. The molecule has 2 aliphatic heterocycles. The number of likely N-dealkylation sites (tertiary alicyclic amines) is 1. The van der Waals surface area contributed by atoms with Crippen molar-refractivity contribution in [2.75, 3.05) is 18.4 Å². The molecular formula is C25H28F2N4. The summed E-state index contributed by atoms with van der Waals surface area (Å²) in [6, 6.07) is 14.5. The summed E-state index contributed by atoms with van der Waals surface area (Å²) in [7, 11) is 0. The summed E-state index contributed by atoms with van der Waals surface area (Å²) in [5.41, 5.74) is 3.82. The van der Waals surface area contributed by atoms with E-state index in [1.54, 1.807) is 4.68 Å². The lowest BCUT2D eigenvalue weighted by atomic mass is 9.94. The third-order valence-corrected chi connectivity index (χ3v) is 6.46. The van der Waals surface area contributed by atoms with Gasteiger partial charge < -0.3 is 5.32 Å². The highest BCUT2D eigenvalue weighted by atomic mass is 19.1. The second-order valence-electron chi connectivity index (χ2n) is 8.57. The van der Waals surface area contributed by atoms with Crippen LogP contribution in [0.25, 0.3) is 5.69 Å². The molecule has 31 heavy (non-hydrogen) atoms. The van der Waals surface area contributed by atoms with E-state index in [2.05, 4.69) is 34.5 Å². The molecule has 5 rings (SSSR count). The predicted octanol–water partition coefficient (Wildman–Crippen LogP) is 5.63. The maximum absolute atomic E-state index is 14.7. The number of benzene rings is 2. The molecule has 3 heterocycles. The Balaban J connectivity index is 1.56. The summed E-state index contributed by atoms with van der Waals surface area (Å²) in [5.74, 6) is -0.301. The highest BCUT2D eigenvalue weighted by Gasteiger charge is 2.32. The van der Waals surface area contributed by atoms with E-state index in [0.717, 1.165) is 69.3 Å². The molecule has 1 saturated heterocycles. The molecule has 1 aromatic heterocycles. The van der Waals surface area contributed by atoms with Crippen molar-refractivity contribution in [3.05, 3.63) is 77.0 Å². The Kier molecular flexibility index (Phi) is 5.72. The molecule has 0 saturated carbocycles. The number of fused-ring (bicyclic) bond motifs is 1. The summed E-state index contributed by atoms with van der Waals surface area (Å²) in [5, 5.41) is 8.44. The summed E-state index contributed by atoms with van der Waals surface area (Å²) >= 11 is 0. The number of hydrogen-bond acceptors (Lipinski definition) is 3. The standard InChI is InChI=1S/C25H28F2N4/c26-19-12-13-22(21(27)16-19)31-25-20(10-4-6-14-28-25)24(29-31)23-11-5-7-15-30(23)17-18-8-2-1-3-9-18/h1-3,8-9,12-13,16,23,28H,4-7,10-11,14-15,17H2. The average Bonchev–Trinajstić information content (AvgIpc) is 2.95. The Morgan fingerprint density at radius 2 is 1.87 bits per heavy atom. The molecule has 162 valence electrons. The Labute approximate surface area is 181 Å². The molecule has 2 aromatic carbocycles. The Morgan fingerprint density at radius 1 is 1.00 bits per heavy atom. The molecule has 0 radical (unpaired) electrons. The van der Waals surface area contributed by atoms with E-state index in [1.807, 2.05) is 6.07 Å². The third kappa shape index (κ3) is 4.09. The molecule has 6 heteroatoms. The lowest BCUT2D eigenvalue weighted by molar-refractivity contribution is 0.136. The zero-order valence-electron chi connectivity index (χ0n) is 17.7. The van der Waals surface area contributed by atoms with Gasteiger partial charge in [0.25, 0.3) is 0 Å². The molecular weight excluding hydrogens is 394 g/mol. The van der Waals surface area contributed by atoms with Gasteiger partial charge in [-0.05, 0) is 56.3 Å². The molecule has 1 N–H and O–H groups in total. The number of anilines is 1. The number of rotatable bonds is 4. The Morgan fingerprint density at radius 3 is 2.71 bits per heavy atom. The van der Waals surface area contributed by atoms with Crippen LogP contribution in [0.15, 0.2) is 48.5 Å². The van der Waals surface area contributed by atoms with Gasteiger partial charge in [0.15, 0.2) is 5.82 Å². The summed E-state index contributed by atoms with van der Waals surface area (Å²) in [4.78, 5) is 2.51. The summed E-state index contributed by atoms with van der Waals surface area (Å²) in [6.45, 7) is 2.74. The van der Waals surface area contributed by atoms with Crippen LogP contribution < -0.4 is 5.32 Å². The van der Waals surface area contributed by atoms with Crippen molar-refractivity contribution < 1.29 is 8.78 Å². The predicted molar refractivity (Wildman–Crippen MR) is 118 cm³/mol. The van der Waals surface area contributed by atoms with Crippen LogP contribution in [0.1, 0.15) is 55.0 Å². The minimum Gasteiger partial charge on any atom is -0.370 e. The van der Waals surface area contributed by atoms with E-state index in [4.69, 9.17) is 5.10 Å². The second-order valence-corrected chi connectivity index (χ2v) is 8.57. The number of hydrogen-bond donors (Lipinski definition) is 1. The molecule has 1 fully saturated rings. The molecule has 0 bridgehead atoms. The lowest BCUT2D eigenvalue weighted by Crippen LogP contribution is -2.33. The van der Waals surface area contributed by atoms with Gasteiger partial charge in [0, 0.05) is 24.7 Å². The topological polar surface area (TPSA) is 33.1 Å². The Bertz CT molecular complexity index is 1050. The van der Waals surface area contributed by atoms with Gasteiger partial charge in [-0.2, -0.15) is 5.10 Å². The van der Waals surface area contributed by atoms with Crippen LogP contribution in [0.5, 0.6) is 0 Å². The van der Waals surface area contributed by atoms with Crippen LogP contribution >= 0.6 is 0 Å². The van der Waals surface area contributed by atoms with E-state index in [-0.39, 0.29) is 6.04 Å². The van der Waals surface area contributed by atoms with Crippen LogP contribution in [-0.2, 0) is 13.0 Å². The van der Waals surface area contributed by atoms with Gasteiger partial charge in [-0.1, -0.05) is 36.8 Å². The first-order valence-corrected chi connectivity index (χ1v) is 11.3. The van der Waals surface area contributed by atoms with Gasteiger partial charge in [0.05, 0.1) is 11.7 Å². The summed E-state index contributed by atoms with van der Waals surface area (Å²) in [6.07, 6.45) is 6.46. The molecule has 0 amide bonds. The number of aromatic nitrogens is 2. The largest absolute Gasteiger partial charge is 0.370 e. The normalized spacial score (nSPS) is 19.5. The van der Waals surface area contributed by atoms with Crippen LogP contribution in [0.3, 0.4) is 0 Å². The fourth-order valence-electron chi connectivity index (χ4n) is 4.93. The summed E-state index contributed by atoms with van der Waals surface area (Å²) < 4.78 is 29.9. The van der Waals surface area contributed by atoms with Gasteiger partial charge in [0.1, 0.15) is 17.3 Å². The molecule has 2 aliphatic rings. The van der Waals surface area contributed by atoms with E-state index in [9.17, 15) is 8.78 Å². The van der Waals surface area contributed by atoms with Gasteiger partial charge in [-0.3, -0.25) is 4.90 Å². The van der Waals surface area contributed by atoms with E-state index >= 15 is 0 Å². The minimum absolute atomic E-state index is 0.201. The van der Waals surface area contributed by atoms with Crippen molar-refractivity contribution in [1.29, 1.82) is 0 Å². The highest BCUT2D eigenvalue weighted by molar-refractivity contribution is 5.55. The van der Waals surface area contributed by atoms with E-state index < -0.39 is 11.6 Å². The van der Waals surface area contributed by atoms with Gasteiger partial charge >= 0.3 is 0 Å². The van der Waals surface area contributed by atoms with Gasteiger partial charge in [0.2, 0.25) is 0 Å². The molecule has 1 unspecified atom stereocenters. The fraction of sp³-hybridized carbons (Fsp3) is 0.400. The number of nitrogens with zero attached hydrogens (tertiary/aromatic N) is 3. The molecule has 0 aliphatic carbocycles. The molecule has 4 nitrogen and oxygen atoms in total. The van der Waals surface area contributed by atoms with Crippen LogP contribution in [0.2, 0.25) is 0 Å². The zero-order valence-corrected chi connectivity index (χ0v) is 17.7. The number of nitrogens with one attached hydrogen (secondary N) is 1. The van der Waals surface area contributed by atoms with Crippen molar-refractivity contribution in [3.63, 3.8) is 0 Å². The minimum atomic E-state index is -0.590. The maximum Gasteiger partial charge on any atom is 0.151 e. The maximum atomic E-state index is 14.7. The third-order valence-electron chi connectivity index (χ3n) is 6.46. The number of halogens is 2. The molecule has 3 aromatic rings. The SMILES string of the molecule is Fc1ccc(-n2nc(C3CCCCN3Cc3ccccc3)c3c2NCCCC3)c(F)c1. The smallest absolute Gasteiger partial charge is 0.151 e. The number of piperidine rings is 1. The first kappa shape index (κ1) is 20.2. The molecule has 0 spiro atoms. The van der Waals surface area contributed by atoms with Gasteiger partial charge in [-0.25, -0.2) is 13.5 Å².